The van der Waals surface area contributed by atoms with Gasteiger partial charge in [-0.05, 0) is 59.3 Å². The van der Waals surface area contributed by atoms with Crippen molar-refractivity contribution in [2.24, 2.45) is 4.99 Å². The van der Waals surface area contributed by atoms with Gasteiger partial charge in [0, 0.05) is 36.6 Å². The van der Waals surface area contributed by atoms with Crippen LogP contribution in [0.3, 0.4) is 0 Å². The van der Waals surface area contributed by atoms with Crippen LogP contribution in [0.25, 0.3) is 0 Å². The molecular formula is C24H22ClN5O3S. The van der Waals surface area contributed by atoms with Gasteiger partial charge in [0.2, 0.25) is 5.91 Å². The van der Waals surface area contributed by atoms with Crippen molar-refractivity contribution in [3.05, 3.63) is 95.4 Å². The average molecular weight is 496 g/mol. The van der Waals surface area contributed by atoms with Gasteiger partial charge < -0.3 is 10.1 Å². The van der Waals surface area contributed by atoms with Gasteiger partial charge in [-0.3, -0.25) is 29.4 Å². The Morgan fingerprint density at radius 2 is 1.76 bits per heavy atom. The number of ether oxygens (including phenoxy) is 1. The molecule has 34 heavy (non-hydrogen) atoms. The Hall–Kier alpha value is -3.69. The molecule has 4 rings (SSSR count). The fraction of sp³-hybridized carbons (Fsp3) is 0.125. The number of benzene rings is 1. The standard InChI is InChI=1S/C24H21N5O3S.ClH/c1-32-20-8-6-19(7-9-20)28-22(30)12-21-23(31)29(16-18-5-3-11-26-14-18)24(33-21)27-15-17-4-2-10-25-13-17;/h2-14H,15-16H2,1H3,(H,28,30);1H/b21-12-,27-24?;. The van der Waals surface area contributed by atoms with Crippen LogP contribution >= 0.6 is 24.2 Å². The van der Waals surface area contributed by atoms with Crippen LogP contribution in [0.5, 0.6) is 5.75 Å². The van der Waals surface area contributed by atoms with Gasteiger partial charge in [-0.1, -0.05) is 12.1 Å². The van der Waals surface area contributed by atoms with Crippen LogP contribution in [0.1, 0.15) is 11.1 Å². The molecule has 0 saturated carbocycles. The van der Waals surface area contributed by atoms with Crippen molar-refractivity contribution in [1.29, 1.82) is 0 Å². The van der Waals surface area contributed by atoms with Gasteiger partial charge in [-0.15, -0.1) is 12.4 Å². The highest BCUT2D eigenvalue weighted by Crippen LogP contribution is 2.32. The minimum absolute atomic E-state index is 0. The van der Waals surface area contributed by atoms with Crippen molar-refractivity contribution in [2.75, 3.05) is 12.4 Å². The van der Waals surface area contributed by atoms with Gasteiger partial charge in [0.25, 0.3) is 5.91 Å². The molecule has 0 radical (unpaired) electrons. The topological polar surface area (TPSA) is 96.8 Å². The third kappa shape index (κ3) is 6.43. The van der Waals surface area contributed by atoms with Gasteiger partial charge in [-0.25, -0.2) is 0 Å². The molecule has 3 aromatic rings. The maximum atomic E-state index is 13.1. The van der Waals surface area contributed by atoms with Gasteiger partial charge in [-0.2, -0.15) is 0 Å². The number of carbonyl (C=O) groups excluding carboxylic acids is 2. The highest BCUT2D eigenvalue weighted by molar-refractivity contribution is 8.18. The molecule has 0 bridgehead atoms. The Morgan fingerprint density at radius 3 is 2.38 bits per heavy atom. The minimum Gasteiger partial charge on any atom is -0.497 e. The first-order valence-electron chi connectivity index (χ1n) is 10.1. The molecule has 1 aliphatic rings. The molecule has 0 aliphatic carbocycles. The zero-order valence-corrected chi connectivity index (χ0v) is 19.9. The number of carbonyl (C=O) groups is 2. The zero-order valence-electron chi connectivity index (χ0n) is 18.2. The van der Waals surface area contributed by atoms with E-state index in [4.69, 9.17) is 4.74 Å². The number of thioether (sulfide) groups is 1. The number of halogens is 1. The largest absolute Gasteiger partial charge is 0.497 e. The predicted molar refractivity (Wildman–Crippen MR) is 135 cm³/mol. The Kier molecular flexibility index (Phi) is 8.78. The molecule has 1 aliphatic heterocycles. The van der Waals surface area contributed by atoms with E-state index in [1.165, 1.54) is 17.8 Å². The Morgan fingerprint density at radius 1 is 1.09 bits per heavy atom. The lowest BCUT2D eigenvalue weighted by Gasteiger charge is -2.15. The molecule has 0 unspecified atom stereocenters. The second kappa shape index (κ2) is 12.0. The molecule has 1 N–H and O–H groups in total. The minimum atomic E-state index is -0.397. The maximum absolute atomic E-state index is 13.1. The van der Waals surface area contributed by atoms with Crippen molar-refractivity contribution in [1.82, 2.24) is 14.9 Å². The van der Waals surface area contributed by atoms with Crippen LogP contribution in [0.2, 0.25) is 0 Å². The summed E-state index contributed by atoms with van der Waals surface area (Å²) < 4.78 is 5.12. The normalized spacial score (nSPS) is 15.3. The van der Waals surface area contributed by atoms with Gasteiger partial charge in [0.05, 0.1) is 25.1 Å². The molecule has 1 fully saturated rings. The Balaban J connectivity index is 0.00000324. The van der Waals surface area contributed by atoms with Crippen LogP contribution in [-0.4, -0.2) is 39.0 Å². The molecule has 2 amide bonds. The fourth-order valence-electron chi connectivity index (χ4n) is 3.06. The van der Waals surface area contributed by atoms with Crippen LogP contribution in [-0.2, 0) is 22.7 Å². The van der Waals surface area contributed by atoms with Crippen LogP contribution in [0, 0.1) is 0 Å². The predicted octanol–water partition coefficient (Wildman–Crippen LogP) is 4.06. The number of amides is 2. The zero-order chi connectivity index (χ0) is 23.0. The number of hydrogen-bond donors (Lipinski definition) is 1. The summed E-state index contributed by atoms with van der Waals surface area (Å²) in [5.74, 6) is 0.0120. The highest BCUT2D eigenvalue weighted by atomic mass is 35.5. The number of hydrogen-bond acceptors (Lipinski definition) is 7. The summed E-state index contributed by atoms with van der Waals surface area (Å²) in [6.07, 6.45) is 8.11. The second-order valence-corrected chi connectivity index (χ2v) is 8.05. The van der Waals surface area contributed by atoms with Crippen molar-refractivity contribution in [3.63, 3.8) is 0 Å². The molecule has 1 saturated heterocycles. The molecule has 3 heterocycles. The number of pyridine rings is 2. The molecule has 0 spiro atoms. The maximum Gasteiger partial charge on any atom is 0.267 e. The molecular weight excluding hydrogens is 474 g/mol. The first-order chi connectivity index (χ1) is 16.1. The number of nitrogens with zero attached hydrogens (tertiary/aromatic N) is 4. The summed E-state index contributed by atoms with van der Waals surface area (Å²) >= 11 is 1.18. The van der Waals surface area contributed by atoms with Gasteiger partial charge >= 0.3 is 0 Å². The first-order valence-corrected chi connectivity index (χ1v) is 10.9. The van der Waals surface area contributed by atoms with E-state index >= 15 is 0 Å². The molecule has 2 aromatic heterocycles. The van der Waals surface area contributed by atoms with Gasteiger partial charge in [0.15, 0.2) is 5.17 Å². The molecule has 1 aromatic carbocycles. The van der Waals surface area contributed by atoms with E-state index in [1.54, 1.807) is 61.1 Å². The lowest BCUT2D eigenvalue weighted by Crippen LogP contribution is -2.29. The monoisotopic (exact) mass is 495 g/mol. The van der Waals surface area contributed by atoms with Crippen LogP contribution < -0.4 is 10.1 Å². The van der Waals surface area contributed by atoms with E-state index in [1.807, 2.05) is 24.3 Å². The Bertz CT molecular complexity index is 1190. The average Bonchev–Trinajstić information content (AvgIpc) is 3.13. The van der Waals surface area contributed by atoms with Crippen molar-refractivity contribution in [2.45, 2.75) is 13.1 Å². The van der Waals surface area contributed by atoms with Crippen molar-refractivity contribution < 1.29 is 14.3 Å². The number of rotatable bonds is 7. The summed E-state index contributed by atoms with van der Waals surface area (Å²) in [7, 11) is 1.58. The van der Waals surface area contributed by atoms with E-state index < -0.39 is 5.91 Å². The van der Waals surface area contributed by atoms with E-state index in [0.29, 0.717) is 34.6 Å². The lowest BCUT2D eigenvalue weighted by molar-refractivity contribution is -0.123. The summed E-state index contributed by atoms with van der Waals surface area (Å²) in [6, 6.07) is 14.4. The smallest absolute Gasteiger partial charge is 0.267 e. The third-order valence-electron chi connectivity index (χ3n) is 4.69. The Labute approximate surface area is 207 Å². The number of nitrogens with one attached hydrogen (secondary N) is 1. The van der Waals surface area contributed by atoms with Crippen molar-refractivity contribution in [3.8, 4) is 5.75 Å². The second-order valence-electron chi connectivity index (χ2n) is 7.04. The summed E-state index contributed by atoms with van der Waals surface area (Å²) in [5.41, 5.74) is 2.39. The third-order valence-corrected chi connectivity index (χ3v) is 5.74. The number of anilines is 1. The van der Waals surface area contributed by atoms with Crippen LogP contribution in [0.4, 0.5) is 5.69 Å². The number of aromatic nitrogens is 2. The molecule has 0 atom stereocenters. The summed E-state index contributed by atoms with van der Waals surface area (Å²) in [5, 5.41) is 3.29. The molecule has 8 nitrogen and oxygen atoms in total. The van der Waals surface area contributed by atoms with E-state index in [2.05, 4.69) is 20.3 Å². The molecule has 174 valence electrons. The van der Waals surface area contributed by atoms with E-state index in [-0.39, 0.29) is 18.3 Å². The highest BCUT2D eigenvalue weighted by Gasteiger charge is 2.34. The summed E-state index contributed by atoms with van der Waals surface area (Å²) in [4.78, 5) is 40.4. The van der Waals surface area contributed by atoms with E-state index in [0.717, 1.165) is 11.1 Å². The molecule has 10 heteroatoms. The number of amidine groups is 1. The number of aliphatic imine (C=N–C) groups is 1. The quantitative estimate of drug-likeness (QED) is 0.496. The van der Waals surface area contributed by atoms with Crippen LogP contribution in [0.15, 0.2) is 89.3 Å². The fourth-order valence-corrected chi connectivity index (χ4v) is 4.01. The summed E-state index contributed by atoms with van der Waals surface area (Å²) in [6.45, 7) is 0.682. The van der Waals surface area contributed by atoms with E-state index in [9.17, 15) is 9.59 Å². The lowest BCUT2D eigenvalue weighted by atomic mass is 10.2. The SMILES string of the molecule is COc1ccc(NC(=O)/C=C2\SC(=NCc3cccnc3)N(Cc3cccnc3)C2=O)cc1.Cl. The first kappa shape index (κ1) is 24.9. The number of methoxy groups -OCH3 is 1. The van der Waals surface area contributed by atoms with Crippen molar-refractivity contribution >= 4 is 46.8 Å². The van der Waals surface area contributed by atoms with Gasteiger partial charge in [0.1, 0.15) is 5.75 Å².